The Morgan fingerprint density at radius 2 is 2.05 bits per heavy atom. The molecule has 0 aliphatic heterocycles. The predicted octanol–water partition coefficient (Wildman–Crippen LogP) is 2.83. The summed E-state index contributed by atoms with van der Waals surface area (Å²) < 4.78 is 26.0. The molecular weight excluding hydrogens is 320 g/mol. The van der Waals surface area contributed by atoms with E-state index in [1.165, 1.54) is 6.07 Å². The molecule has 0 aliphatic rings. The summed E-state index contributed by atoms with van der Waals surface area (Å²) in [6.07, 6.45) is 0.538. The first-order chi connectivity index (χ1) is 10.5. The molecule has 1 aromatic carbocycles. The van der Waals surface area contributed by atoms with Gasteiger partial charge in [0.25, 0.3) is 5.91 Å². The number of anilines is 1. The van der Waals surface area contributed by atoms with Gasteiger partial charge in [-0.1, -0.05) is 19.1 Å². The predicted molar refractivity (Wildman–Crippen MR) is 89.6 cm³/mol. The van der Waals surface area contributed by atoms with Crippen molar-refractivity contribution in [3.8, 4) is 0 Å². The summed E-state index contributed by atoms with van der Waals surface area (Å²) >= 11 is 1.57. The van der Waals surface area contributed by atoms with Crippen LogP contribution in [0.25, 0.3) is 0 Å². The third-order valence-corrected chi connectivity index (χ3v) is 5.24. The Labute approximate surface area is 134 Å². The lowest BCUT2D eigenvalue weighted by Gasteiger charge is -2.09. The zero-order valence-electron chi connectivity index (χ0n) is 12.2. The maximum atomic E-state index is 12.1. The van der Waals surface area contributed by atoms with E-state index in [0.29, 0.717) is 24.2 Å². The van der Waals surface area contributed by atoms with Gasteiger partial charge < -0.3 is 5.32 Å². The van der Waals surface area contributed by atoms with E-state index in [2.05, 4.69) is 10.0 Å². The molecule has 0 aliphatic carbocycles. The van der Waals surface area contributed by atoms with E-state index in [-0.39, 0.29) is 11.7 Å². The highest BCUT2D eigenvalue weighted by atomic mass is 32.2. The summed E-state index contributed by atoms with van der Waals surface area (Å²) in [4.78, 5) is 13.2. The molecule has 118 valence electrons. The van der Waals surface area contributed by atoms with Crippen molar-refractivity contribution in [3.63, 3.8) is 0 Å². The van der Waals surface area contributed by atoms with Crippen LogP contribution >= 0.6 is 11.3 Å². The Morgan fingerprint density at radius 3 is 2.73 bits per heavy atom. The summed E-state index contributed by atoms with van der Waals surface area (Å²) in [5, 5.41) is 4.76. The van der Waals surface area contributed by atoms with Crippen LogP contribution in [0.3, 0.4) is 0 Å². The first kappa shape index (κ1) is 16.5. The molecule has 22 heavy (non-hydrogen) atoms. The number of sulfonamides is 1. The second-order valence-electron chi connectivity index (χ2n) is 4.76. The molecule has 1 heterocycles. The first-order valence-corrected chi connectivity index (χ1v) is 9.44. The van der Waals surface area contributed by atoms with Crippen molar-refractivity contribution in [2.45, 2.75) is 19.9 Å². The lowest BCUT2D eigenvalue weighted by molar-refractivity contribution is 0.0951. The first-order valence-electron chi connectivity index (χ1n) is 6.91. The van der Waals surface area contributed by atoms with Crippen molar-refractivity contribution < 1.29 is 13.2 Å². The fourth-order valence-corrected chi connectivity index (χ4v) is 3.68. The fourth-order valence-electron chi connectivity index (χ4n) is 1.91. The van der Waals surface area contributed by atoms with Gasteiger partial charge in [0.05, 0.1) is 12.3 Å². The van der Waals surface area contributed by atoms with Crippen molar-refractivity contribution in [1.29, 1.82) is 0 Å². The van der Waals surface area contributed by atoms with Crippen molar-refractivity contribution >= 4 is 33.0 Å². The van der Waals surface area contributed by atoms with E-state index in [0.717, 1.165) is 4.88 Å². The molecular formula is C15H18N2O3S2. The number of hydrogen-bond acceptors (Lipinski definition) is 4. The number of thiophene rings is 1. The minimum Gasteiger partial charge on any atom is -0.347 e. The maximum absolute atomic E-state index is 12.1. The number of hydrogen-bond donors (Lipinski definition) is 2. The SMILES string of the molecule is CCCS(=O)(=O)Nc1cccc(C(=O)NCc2cccs2)c1. The van der Waals surface area contributed by atoms with Crippen molar-refractivity contribution in [2.24, 2.45) is 0 Å². The second-order valence-corrected chi connectivity index (χ2v) is 7.64. The molecule has 0 unspecified atom stereocenters. The zero-order valence-corrected chi connectivity index (χ0v) is 13.8. The van der Waals surface area contributed by atoms with Gasteiger partial charge in [0.2, 0.25) is 10.0 Å². The Morgan fingerprint density at radius 1 is 1.23 bits per heavy atom. The van der Waals surface area contributed by atoms with Gasteiger partial charge in [0.15, 0.2) is 0 Å². The summed E-state index contributed by atoms with van der Waals surface area (Å²) in [6, 6.07) is 10.3. The number of nitrogens with one attached hydrogen (secondary N) is 2. The number of amides is 1. The minimum absolute atomic E-state index is 0.0573. The zero-order chi connectivity index (χ0) is 16.0. The minimum atomic E-state index is -3.35. The van der Waals surface area contributed by atoms with Gasteiger partial charge in [-0.25, -0.2) is 8.42 Å². The molecule has 0 atom stereocenters. The average Bonchev–Trinajstić information content (AvgIpc) is 2.97. The number of carbonyl (C=O) groups excluding carboxylic acids is 1. The Hall–Kier alpha value is -1.86. The van der Waals surface area contributed by atoms with Crippen LogP contribution in [0.4, 0.5) is 5.69 Å². The van der Waals surface area contributed by atoms with Gasteiger partial charge in [-0.05, 0) is 36.1 Å². The highest BCUT2D eigenvalue weighted by Crippen LogP contribution is 2.14. The molecule has 0 spiro atoms. The number of carbonyl (C=O) groups is 1. The summed E-state index contributed by atoms with van der Waals surface area (Å²) in [5.41, 5.74) is 0.825. The molecule has 2 N–H and O–H groups in total. The van der Waals surface area contributed by atoms with E-state index < -0.39 is 10.0 Å². The van der Waals surface area contributed by atoms with Crippen LogP contribution in [0.2, 0.25) is 0 Å². The largest absolute Gasteiger partial charge is 0.347 e. The molecule has 0 fully saturated rings. The highest BCUT2D eigenvalue weighted by Gasteiger charge is 2.11. The fraction of sp³-hybridized carbons (Fsp3) is 0.267. The van der Waals surface area contributed by atoms with Gasteiger partial charge in [-0.15, -0.1) is 11.3 Å². The van der Waals surface area contributed by atoms with E-state index >= 15 is 0 Å². The number of benzene rings is 1. The summed E-state index contributed by atoms with van der Waals surface area (Å²) in [7, 11) is -3.35. The van der Waals surface area contributed by atoms with E-state index in [1.807, 2.05) is 17.5 Å². The Balaban J connectivity index is 2.02. The molecule has 0 radical (unpaired) electrons. The van der Waals surface area contributed by atoms with Gasteiger partial charge in [-0.3, -0.25) is 9.52 Å². The molecule has 0 saturated heterocycles. The van der Waals surface area contributed by atoms with Crippen LogP contribution in [0.15, 0.2) is 41.8 Å². The van der Waals surface area contributed by atoms with Crippen LogP contribution in [0, 0.1) is 0 Å². The lowest BCUT2D eigenvalue weighted by Crippen LogP contribution is -2.22. The normalized spacial score (nSPS) is 11.1. The topological polar surface area (TPSA) is 75.3 Å². The van der Waals surface area contributed by atoms with E-state index in [9.17, 15) is 13.2 Å². The Bertz CT molecular complexity index is 725. The van der Waals surface area contributed by atoms with Crippen LogP contribution in [-0.4, -0.2) is 20.1 Å². The quantitative estimate of drug-likeness (QED) is 0.815. The summed E-state index contributed by atoms with van der Waals surface area (Å²) in [6.45, 7) is 2.26. The van der Waals surface area contributed by atoms with E-state index in [1.54, 1.807) is 36.5 Å². The standard InChI is InChI=1S/C15H18N2O3S2/c1-2-9-22(19,20)17-13-6-3-5-12(10-13)15(18)16-11-14-7-4-8-21-14/h3-8,10,17H,2,9,11H2,1H3,(H,16,18). The highest BCUT2D eigenvalue weighted by molar-refractivity contribution is 7.92. The van der Waals surface area contributed by atoms with Crippen molar-refractivity contribution in [1.82, 2.24) is 5.32 Å². The third kappa shape index (κ3) is 4.85. The Kier molecular flexibility index (Phi) is 5.57. The molecule has 7 heteroatoms. The second kappa shape index (κ2) is 7.42. The molecule has 0 bridgehead atoms. The van der Waals surface area contributed by atoms with Gasteiger partial charge in [0.1, 0.15) is 0 Å². The smallest absolute Gasteiger partial charge is 0.251 e. The summed E-state index contributed by atoms with van der Waals surface area (Å²) in [5.74, 6) is -0.174. The molecule has 2 aromatic rings. The third-order valence-electron chi connectivity index (χ3n) is 2.87. The molecule has 5 nitrogen and oxygen atoms in total. The molecule has 1 amide bonds. The van der Waals surface area contributed by atoms with Crippen LogP contribution in [-0.2, 0) is 16.6 Å². The van der Waals surface area contributed by atoms with Crippen LogP contribution in [0.1, 0.15) is 28.6 Å². The van der Waals surface area contributed by atoms with Gasteiger partial charge in [0, 0.05) is 16.1 Å². The maximum Gasteiger partial charge on any atom is 0.251 e. The van der Waals surface area contributed by atoms with Gasteiger partial charge >= 0.3 is 0 Å². The average molecular weight is 338 g/mol. The van der Waals surface area contributed by atoms with Crippen LogP contribution < -0.4 is 10.0 Å². The van der Waals surface area contributed by atoms with Crippen LogP contribution in [0.5, 0.6) is 0 Å². The molecule has 2 rings (SSSR count). The van der Waals surface area contributed by atoms with Gasteiger partial charge in [-0.2, -0.15) is 0 Å². The lowest BCUT2D eigenvalue weighted by atomic mass is 10.2. The number of rotatable bonds is 7. The van der Waals surface area contributed by atoms with E-state index in [4.69, 9.17) is 0 Å². The molecule has 0 saturated carbocycles. The van der Waals surface area contributed by atoms with Crippen molar-refractivity contribution in [3.05, 3.63) is 52.2 Å². The molecule has 1 aromatic heterocycles. The monoisotopic (exact) mass is 338 g/mol. The van der Waals surface area contributed by atoms with Crippen molar-refractivity contribution in [2.75, 3.05) is 10.5 Å².